The van der Waals surface area contributed by atoms with E-state index in [4.69, 9.17) is 11.6 Å². The largest absolute Gasteiger partial charge is 0.284 e. The Balaban J connectivity index is 1.80. The van der Waals surface area contributed by atoms with E-state index in [9.17, 15) is 4.39 Å². The molecule has 0 saturated carbocycles. The second-order valence-electron chi connectivity index (χ2n) is 5.98. The Kier molecular flexibility index (Phi) is 5.46. The number of hydrogen-bond donors (Lipinski definition) is 0. The number of thiazole rings is 1. The number of nitrogens with zero attached hydrogens (tertiary/aromatic N) is 3. The lowest BCUT2D eigenvalue weighted by Crippen LogP contribution is -2.13. The van der Waals surface area contributed by atoms with Crippen molar-refractivity contribution in [2.24, 2.45) is 10.2 Å². The number of para-hydroxylation sites is 1. The zero-order valence-corrected chi connectivity index (χ0v) is 16.2. The zero-order valence-electron chi connectivity index (χ0n) is 14.7. The number of rotatable bonds is 4. The van der Waals surface area contributed by atoms with Gasteiger partial charge in [-0.15, -0.1) is 16.4 Å². The molecule has 0 fully saturated rings. The highest BCUT2D eigenvalue weighted by molar-refractivity contribution is 7.07. The normalized spacial score (nSPS) is 12.0. The summed E-state index contributed by atoms with van der Waals surface area (Å²) in [6.07, 6.45) is 1.54. The van der Waals surface area contributed by atoms with Gasteiger partial charge in [0.2, 0.25) is 4.80 Å². The molecule has 28 heavy (non-hydrogen) atoms. The monoisotopic (exact) mass is 407 g/mol. The highest BCUT2D eigenvalue weighted by atomic mass is 35.5. The number of benzene rings is 3. The van der Waals surface area contributed by atoms with Gasteiger partial charge in [-0.2, -0.15) is 5.10 Å². The first-order chi connectivity index (χ1) is 13.7. The van der Waals surface area contributed by atoms with Crippen LogP contribution in [-0.2, 0) is 0 Å². The second-order valence-corrected chi connectivity index (χ2v) is 7.25. The van der Waals surface area contributed by atoms with Crippen molar-refractivity contribution in [3.8, 4) is 16.9 Å². The van der Waals surface area contributed by atoms with E-state index < -0.39 is 0 Å². The van der Waals surface area contributed by atoms with Gasteiger partial charge in [-0.25, -0.2) is 4.39 Å². The van der Waals surface area contributed by atoms with Gasteiger partial charge in [0.05, 0.1) is 11.9 Å². The summed E-state index contributed by atoms with van der Waals surface area (Å²) in [6, 6.07) is 23.9. The molecule has 0 unspecified atom stereocenters. The van der Waals surface area contributed by atoms with Crippen LogP contribution in [0.1, 0.15) is 5.56 Å². The summed E-state index contributed by atoms with van der Waals surface area (Å²) in [5.74, 6) is -0.301. The number of aromatic nitrogens is 1. The van der Waals surface area contributed by atoms with Crippen molar-refractivity contribution in [3.05, 3.63) is 105 Å². The fraction of sp³-hybridized carbons (Fsp3) is 0. The van der Waals surface area contributed by atoms with Crippen molar-refractivity contribution >= 4 is 29.2 Å². The standard InChI is InChI=1S/C22H15ClFN3S/c23-18-11-9-17(10-12-18)21-15-28-22(27(21)20-7-2-1-3-8-20)26-25-14-16-5-4-6-19(24)13-16/h1-15H. The lowest BCUT2D eigenvalue weighted by molar-refractivity contribution is 0.627. The Labute approximate surface area is 170 Å². The summed E-state index contributed by atoms with van der Waals surface area (Å²) in [7, 11) is 0. The molecule has 0 bridgehead atoms. The highest BCUT2D eigenvalue weighted by Gasteiger charge is 2.10. The van der Waals surface area contributed by atoms with Crippen LogP contribution in [0.4, 0.5) is 4.39 Å². The van der Waals surface area contributed by atoms with Crippen molar-refractivity contribution < 1.29 is 4.39 Å². The van der Waals surface area contributed by atoms with Crippen LogP contribution in [0, 0.1) is 5.82 Å². The van der Waals surface area contributed by atoms with E-state index in [1.54, 1.807) is 18.3 Å². The fourth-order valence-corrected chi connectivity index (χ4v) is 3.75. The molecule has 0 aliphatic heterocycles. The number of halogens is 2. The van der Waals surface area contributed by atoms with Crippen LogP contribution in [0.5, 0.6) is 0 Å². The molecule has 3 nitrogen and oxygen atoms in total. The molecule has 0 N–H and O–H groups in total. The van der Waals surface area contributed by atoms with E-state index in [-0.39, 0.29) is 5.82 Å². The van der Waals surface area contributed by atoms with Crippen molar-refractivity contribution in [1.82, 2.24) is 4.57 Å². The predicted octanol–water partition coefficient (Wildman–Crippen LogP) is 5.93. The first-order valence-corrected chi connectivity index (χ1v) is 9.81. The summed E-state index contributed by atoms with van der Waals surface area (Å²) >= 11 is 7.51. The maximum absolute atomic E-state index is 13.3. The highest BCUT2D eigenvalue weighted by Crippen LogP contribution is 2.24. The molecule has 0 aliphatic carbocycles. The van der Waals surface area contributed by atoms with Gasteiger partial charge in [-0.05, 0) is 47.5 Å². The second kappa shape index (κ2) is 8.33. The first-order valence-electron chi connectivity index (χ1n) is 8.55. The molecule has 0 spiro atoms. The molecule has 0 amide bonds. The van der Waals surface area contributed by atoms with Gasteiger partial charge < -0.3 is 0 Å². The maximum Gasteiger partial charge on any atom is 0.215 e. The van der Waals surface area contributed by atoms with Gasteiger partial charge in [0.25, 0.3) is 0 Å². The molecule has 1 heterocycles. The van der Waals surface area contributed by atoms with Crippen LogP contribution >= 0.6 is 22.9 Å². The van der Waals surface area contributed by atoms with Gasteiger partial charge in [0, 0.05) is 16.1 Å². The summed E-state index contributed by atoms with van der Waals surface area (Å²) in [5, 5.41) is 11.3. The zero-order chi connectivity index (χ0) is 19.3. The third-order valence-electron chi connectivity index (χ3n) is 4.06. The van der Waals surface area contributed by atoms with E-state index in [1.807, 2.05) is 64.5 Å². The molecule has 1 aromatic heterocycles. The Morgan fingerprint density at radius 1 is 0.929 bits per heavy atom. The molecular weight excluding hydrogens is 393 g/mol. The van der Waals surface area contributed by atoms with Crippen molar-refractivity contribution in [2.45, 2.75) is 0 Å². The van der Waals surface area contributed by atoms with Crippen molar-refractivity contribution in [1.29, 1.82) is 0 Å². The van der Waals surface area contributed by atoms with Crippen LogP contribution in [0.15, 0.2) is 94.4 Å². The minimum Gasteiger partial charge on any atom is -0.284 e. The molecule has 4 aromatic rings. The van der Waals surface area contributed by atoms with Crippen LogP contribution < -0.4 is 4.80 Å². The van der Waals surface area contributed by atoms with Gasteiger partial charge in [0.15, 0.2) is 0 Å². The average Bonchev–Trinajstić information content (AvgIpc) is 3.13. The van der Waals surface area contributed by atoms with E-state index in [2.05, 4.69) is 10.2 Å². The summed E-state index contributed by atoms with van der Waals surface area (Å²) in [5.41, 5.74) is 3.66. The van der Waals surface area contributed by atoms with E-state index >= 15 is 0 Å². The first kappa shape index (κ1) is 18.3. The van der Waals surface area contributed by atoms with Crippen molar-refractivity contribution in [3.63, 3.8) is 0 Å². The molecule has 0 saturated heterocycles. The van der Waals surface area contributed by atoms with Crippen LogP contribution in [0.2, 0.25) is 5.02 Å². The fourth-order valence-electron chi connectivity index (χ4n) is 2.76. The summed E-state index contributed by atoms with van der Waals surface area (Å²) in [4.78, 5) is 0.712. The third kappa shape index (κ3) is 4.11. The van der Waals surface area contributed by atoms with E-state index in [0.29, 0.717) is 15.4 Å². The molecule has 0 aliphatic rings. The molecule has 3 aromatic carbocycles. The quantitative estimate of drug-likeness (QED) is 0.296. The van der Waals surface area contributed by atoms with Gasteiger partial charge in [-0.3, -0.25) is 4.57 Å². The van der Waals surface area contributed by atoms with Gasteiger partial charge >= 0.3 is 0 Å². The molecule has 6 heteroatoms. The topological polar surface area (TPSA) is 29.6 Å². The molecular formula is C22H15ClFN3S. The smallest absolute Gasteiger partial charge is 0.215 e. The lowest BCUT2D eigenvalue weighted by atomic mass is 10.1. The van der Waals surface area contributed by atoms with Crippen molar-refractivity contribution in [2.75, 3.05) is 0 Å². The Morgan fingerprint density at radius 3 is 2.46 bits per heavy atom. The Bertz CT molecular complexity index is 1180. The predicted molar refractivity (Wildman–Crippen MR) is 114 cm³/mol. The molecule has 0 radical (unpaired) electrons. The van der Waals surface area contributed by atoms with E-state index in [1.165, 1.54) is 23.5 Å². The van der Waals surface area contributed by atoms with E-state index in [0.717, 1.165) is 16.9 Å². The summed E-state index contributed by atoms with van der Waals surface area (Å²) < 4.78 is 15.4. The lowest BCUT2D eigenvalue weighted by Gasteiger charge is -2.09. The van der Waals surface area contributed by atoms with Gasteiger partial charge in [0.1, 0.15) is 5.82 Å². The van der Waals surface area contributed by atoms with Crippen LogP contribution in [-0.4, -0.2) is 10.8 Å². The minimum atomic E-state index is -0.301. The van der Waals surface area contributed by atoms with Gasteiger partial charge in [-0.1, -0.05) is 54.1 Å². The number of hydrogen-bond acceptors (Lipinski definition) is 3. The van der Waals surface area contributed by atoms with Crippen LogP contribution in [0.25, 0.3) is 16.9 Å². The minimum absolute atomic E-state index is 0.301. The summed E-state index contributed by atoms with van der Waals surface area (Å²) in [6.45, 7) is 0. The molecule has 4 rings (SSSR count). The maximum atomic E-state index is 13.3. The van der Waals surface area contributed by atoms with Crippen LogP contribution in [0.3, 0.4) is 0 Å². The molecule has 138 valence electrons. The Hall–Kier alpha value is -3.02. The SMILES string of the molecule is Fc1cccc(C=NN=c2scc(-c3ccc(Cl)cc3)n2-c2ccccc2)c1. The average molecular weight is 408 g/mol. The third-order valence-corrected chi connectivity index (χ3v) is 5.13. The molecule has 0 atom stereocenters. The Morgan fingerprint density at radius 2 is 1.71 bits per heavy atom.